The molecule has 0 saturated heterocycles. The monoisotopic (exact) mass is 246 g/mol. The van der Waals surface area contributed by atoms with Gasteiger partial charge in [0.15, 0.2) is 0 Å². The van der Waals surface area contributed by atoms with Crippen molar-refractivity contribution < 1.29 is 28.8 Å². The number of ether oxygens (including phenoxy) is 2. The maximum Gasteiger partial charge on any atom is 0.550 e. The van der Waals surface area contributed by atoms with E-state index in [9.17, 15) is 9.59 Å². The molecule has 0 heterocycles. The van der Waals surface area contributed by atoms with Crippen molar-refractivity contribution >= 4 is 12.3 Å². The van der Waals surface area contributed by atoms with Crippen LogP contribution in [0.15, 0.2) is 0 Å². The predicted octanol–water partition coefficient (Wildman–Crippen LogP) is 2.95. The molecular formula is C11H18O6. The normalized spacial score (nSPS) is 15.4. The highest BCUT2D eigenvalue weighted by molar-refractivity contribution is 5.63. The van der Waals surface area contributed by atoms with Crippen LogP contribution in [-0.4, -0.2) is 25.0 Å². The molecule has 0 aromatic heterocycles. The van der Waals surface area contributed by atoms with Crippen LogP contribution in [0.2, 0.25) is 0 Å². The van der Waals surface area contributed by atoms with Crippen LogP contribution in [0.25, 0.3) is 0 Å². The molecule has 0 aromatic rings. The van der Waals surface area contributed by atoms with Crippen LogP contribution in [-0.2, 0) is 19.2 Å². The van der Waals surface area contributed by atoms with Gasteiger partial charge in [-0.1, -0.05) is 13.3 Å². The first-order chi connectivity index (χ1) is 8.22. The van der Waals surface area contributed by atoms with Crippen molar-refractivity contribution in [3.63, 3.8) is 0 Å². The molecule has 1 rings (SSSR count). The van der Waals surface area contributed by atoms with Gasteiger partial charge in [-0.3, -0.25) is 0 Å². The van der Waals surface area contributed by atoms with Crippen molar-refractivity contribution in [2.75, 3.05) is 6.61 Å². The highest BCUT2D eigenvalue weighted by Gasteiger charge is 2.21. The van der Waals surface area contributed by atoms with Crippen molar-refractivity contribution in [2.45, 2.75) is 51.6 Å². The molecule has 0 aromatic carbocycles. The maximum atomic E-state index is 11.1. The van der Waals surface area contributed by atoms with E-state index in [0.717, 1.165) is 38.5 Å². The fourth-order valence-corrected chi connectivity index (χ4v) is 1.55. The summed E-state index contributed by atoms with van der Waals surface area (Å²) in [4.78, 5) is 30.2. The largest absolute Gasteiger partial charge is 0.550 e. The summed E-state index contributed by atoms with van der Waals surface area (Å²) >= 11 is 0. The summed E-state index contributed by atoms with van der Waals surface area (Å²) in [6.45, 7) is 2.21. The lowest BCUT2D eigenvalue weighted by molar-refractivity contribution is -0.221. The van der Waals surface area contributed by atoms with Gasteiger partial charge in [-0.25, -0.2) is 0 Å². The standard InChI is InChI=1S/C11H18O6/c1-2-3-8-14-10(12)16-17-11(13)15-9-6-4-5-7-9/h9H,2-8H2,1H3. The van der Waals surface area contributed by atoms with Crippen LogP contribution in [0, 0.1) is 0 Å². The Hall–Kier alpha value is -1.46. The van der Waals surface area contributed by atoms with Gasteiger partial charge in [0.1, 0.15) is 6.10 Å². The minimum Gasteiger partial charge on any atom is -0.432 e. The summed E-state index contributed by atoms with van der Waals surface area (Å²) in [5.41, 5.74) is 0. The molecule has 0 aliphatic heterocycles. The molecule has 1 fully saturated rings. The van der Waals surface area contributed by atoms with Gasteiger partial charge in [0.05, 0.1) is 6.61 Å². The molecule has 0 radical (unpaired) electrons. The van der Waals surface area contributed by atoms with E-state index in [1.807, 2.05) is 6.92 Å². The van der Waals surface area contributed by atoms with Crippen LogP contribution in [0.4, 0.5) is 9.59 Å². The zero-order chi connectivity index (χ0) is 12.5. The first kappa shape index (κ1) is 13.6. The lowest BCUT2D eigenvalue weighted by Crippen LogP contribution is -2.18. The van der Waals surface area contributed by atoms with Gasteiger partial charge in [0.25, 0.3) is 0 Å². The Balaban J connectivity index is 2.04. The van der Waals surface area contributed by atoms with Crippen LogP contribution in [0.3, 0.4) is 0 Å². The fraction of sp³-hybridized carbons (Fsp3) is 0.818. The van der Waals surface area contributed by atoms with Gasteiger partial charge in [0, 0.05) is 0 Å². The van der Waals surface area contributed by atoms with Gasteiger partial charge < -0.3 is 9.47 Å². The Labute approximate surface area is 100 Å². The first-order valence-electron chi connectivity index (χ1n) is 5.94. The summed E-state index contributed by atoms with van der Waals surface area (Å²) < 4.78 is 9.50. The third-order valence-corrected chi connectivity index (χ3v) is 2.46. The second-order valence-electron chi connectivity index (χ2n) is 3.89. The maximum absolute atomic E-state index is 11.1. The van der Waals surface area contributed by atoms with Crippen molar-refractivity contribution in [2.24, 2.45) is 0 Å². The predicted molar refractivity (Wildman–Crippen MR) is 57.2 cm³/mol. The average molecular weight is 246 g/mol. The fourth-order valence-electron chi connectivity index (χ4n) is 1.55. The number of rotatable bonds is 4. The van der Waals surface area contributed by atoms with Crippen LogP contribution in [0.1, 0.15) is 45.4 Å². The van der Waals surface area contributed by atoms with Crippen LogP contribution in [0.5, 0.6) is 0 Å². The molecule has 6 nitrogen and oxygen atoms in total. The Morgan fingerprint density at radius 1 is 1.12 bits per heavy atom. The van der Waals surface area contributed by atoms with E-state index < -0.39 is 12.3 Å². The molecular weight excluding hydrogens is 228 g/mol. The minimum absolute atomic E-state index is 0.123. The van der Waals surface area contributed by atoms with E-state index in [1.54, 1.807) is 0 Å². The highest BCUT2D eigenvalue weighted by Crippen LogP contribution is 2.21. The number of hydrogen-bond acceptors (Lipinski definition) is 6. The van der Waals surface area contributed by atoms with Crippen LogP contribution < -0.4 is 0 Å². The molecule has 0 amide bonds. The molecule has 98 valence electrons. The molecule has 1 aliphatic rings. The van der Waals surface area contributed by atoms with Gasteiger partial charge in [0.2, 0.25) is 0 Å². The summed E-state index contributed by atoms with van der Waals surface area (Å²) in [7, 11) is 0. The SMILES string of the molecule is CCCCOC(=O)OOC(=O)OC1CCCC1. The molecule has 0 spiro atoms. The summed E-state index contributed by atoms with van der Waals surface area (Å²) in [5, 5.41) is 0. The third kappa shape index (κ3) is 5.99. The third-order valence-electron chi connectivity index (χ3n) is 2.46. The van der Waals surface area contributed by atoms with Crippen LogP contribution >= 0.6 is 0 Å². The Morgan fingerprint density at radius 3 is 2.41 bits per heavy atom. The van der Waals surface area contributed by atoms with E-state index in [1.165, 1.54) is 0 Å². The molecule has 1 saturated carbocycles. The molecule has 0 atom stereocenters. The van der Waals surface area contributed by atoms with E-state index in [-0.39, 0.29) is 12.7 Å². The average Bonchev–Trinajstić information content (AvgIpc) is 2.79. The van der Waals surface area contributed by atoms with E-state index in [2.05, 4.69) is 14.5 Å². The Bertz CT molecular complexity index is 246. The number of carbonyl (C=O) groups is 2. The zero-order valence-corrected chi connectivity index (χ0v) is 9.98. The first-order valence-corrected chi connectivity index (χ1v) is 5.94. The smallest absolute Gasteiger partial charge is 0.432 e. The molecule has 17 heavy (non-hydrogen) atoms. The molecule has 0 unspecified atom stereocenters. The van der Waals surface area contributed by atoms with Crippen molar-refractivity contribution in [3.8, 4) is 0 Å². The molecule has 0 N–H and O–H groups in total. The van der Waals surface area contributed by atoms with E-state index in [4.69, 9.17) is 4.74 Å². The zero-order valence-electron chi connectivity index (χ0n) is 9.98. The summed E-state index contributed by atoms with van der Waals surface area (Å²) in [6, 6.07) is 0. The number of hydrogen-bond donors (Lipinski definition) is 0. The second kappa shape index (κ2) is 7.76. The molecule has 6 heteroatoms. The van der Waals surface area contributed by atoms with Gasteiger partial charge in [-0.15, -0.1) is 0 Å². The van der Waals surface area contributed by atoms with E-state index >= 15 is 0 Å². The van der Waals surface area contributed by atoms with Crippen molar-refractivity contribution in [1.29, 1.82) is 0 Å². The summed E-state index contributed by atoms with van der Waals surface area (Å²) in [6.07, 6.45) is 3.23. The Morgan fingerprint density at radius 2 is 1.76 bits per heavy atom. The minimum atomic E-state index is -1.03. The summed E-state index contributed by atoms with van der Waals surface area (Å²) in [5.74, 6) is 0. The van der Waals surface area contributed by atoms with E-state index in [0.29, 0.717) is 0 Å². The molecule has 0 bridgehead atoms. The van der Waals surface area contributed by atoms with Crippen molar-refractivity contribution in [3.05, 3.63) is 0 Å². The van der Waals surface area contributed by atoms with Crippen molar-refractivity contribution in [1.82, 2.24) is 0 Å². The van der Waals surface area contributed by atoms with Gasteiger partial charge >= 0.3 is 12.3 Å². The topological polar surface area (TPSA) is 71.1 Å². The van der Waals surface area contributed by atoms with Gasteiger partial charge in [-0.2, -0.15) is 19.4 Å². The quantitative estimate of drug-likeness (QED) is 0.328. The highest BCUT2D eigenvalue weighted by atomic mass is 17.3. The number of unbranched alkanes of at least 4 members (excludes halogenated alkanes) is 1. The molecule has 1 aliphatic carbocycles. The number of carbonyl (C=O) groups excluding carboxylic acids is 2. The second-order valence-corrected chi connectivity index (χ2v) is 3.89. The lowest BCUT2D eigenvalue weighted by atomic mass is 10.3. The Kier molecular flexibility index (Phi) is 6.21. The lowest BCUT2D eigenvalue weighted by Gasteiger charge is -2.09. The van der Waals surface area contributed by atoms with Gasteiger partial charge in [-0.05, 0) is 32.1 Å².